The number of aryl methyl sites for hydroxylation is 2. The molecule has 0 atom stereocenters. The van der Waals surface area contributed by atoms with Crippen LogP contribution < -0.4 is 20.4 Å². The van der Waals surface area contributed by atoms with Gasteiger partial charge in [0.15, 0.2) is 0 Å². The summed E-state index contributed by atoms with van der Waals surface area (Å²) in [7, 11) is 0. The van der Waals surface area contributed by atoms with Gasteiger partial charge in [0.25, 0.3) is 0 Å². The fourth-order valence-corrected chi connectivity index (χ4v) is 4.21. The van der Waals surface area contributed by atoms with E-state index >= 15 is 0 Å². The molecule has 2 rings (SSSR count). The summed E-state index contributed by atoms with van der Waals surface area (Å²) in [5.41, 5.74) is 1.39. The number of carbonyl (C=O) groups is 2. The highest BCUT2D eigenvalue weighted by Crippen LogP contribution is 2.12. The minimum Gasteiger partial charge on any atom is -0.355 e. The molecule has 0 aliphatic carbocycles. The van der Waals surface area contributed by atoms with E-state index < -0.39 is 0 Å². The van der Waals surface area contributed by atoms with Crippen LogP contribution in [0.1, 0.15) is 38.1 Å². The fraction of sp³-hybridized carbons (Fsp3) is 0.579. The Morgan fingerprint density at radius 1 is 0.862 bits per heavy atom. The van der Waals surface area contributed by atoms with Gasteiger partial charge in [-0.1, -0.05) is 36.5 Å². The highest BCUT2D eigenvalue weighted by atomic mass is 32.1. The monoisotopic (exact) mass is 440 g/mol. The SMILES string of the molecule is Cc1csc(=O)n1CCC(=O)NCC(C)(C)CNC(=O)CCn1c(C)csc1=O. The lowest BCUT2D eigenvalue weighted by Gasteiger charge is -2.25. The quantitative estimate of drug-likeness (QED) is 0.584. The molecule has 2 heterocycles. The third-order valence-corrected chi connectivity index (χ3v) is 6.37. The Hall–Kier alpha value is -2.20. The van der Waals surface area contributed by atoms with Crippen LogP contribution >= 0.6 is 22.7 Å². The first kappa shape index (κ1) is 23.1. The predicted octanol–water partition coefficient (Wildman–Crippen LogP) is 1.49. The van der Waals surface area contributed by atoms with Crippen LogP contribution in [0.3, 0.4) is 0 Å². The summed E-state index contributed by atoms with van der Waals surface area (Å²) < 4.78 is 3.19. The molecule has 29 heavy (non-hydrogen) atoms. The van der Waals surface area contributed by atoms with Gasteiger partial charge in [0.2, 0.25) is 11.8 Å². The van der Waals surface area contributed by atoms with Crippen LogP contribution in [0.25, 0.3) is 0 Å². The van der Waals surface area contributed by atoms with Gasteiger partial charge in [-0.15, -0.1) is 0 Å². The molecule has 10 heteroatoms. The molecule has 2 aromatic heterocycles. The third-order valence-electron chi connectivity index (χ3n) is 4.61. The minimum absolute atomic E-state index is 0.0572. The van der Waals surface area contributed by atoms with Crippen LogP contribution in [0.4, 0.5) is 0 Å². The zero-order valence-corrected chi connectivity index (χ0v) is 18.9. The van der Waals surface area contributed by atoms with E-state index in [2.05, 4.69) is 10.6 Å². The van der Waals surface area contributed by atoms with Crippen LogP contribution in [-0.2, 0) is 22.7 Å². The van der Waals surface area contributed by atoms with Crippen molar-refractivity contribution in [2.75, 3.05) is 13.1 Å². The maximum absolute atomic E-state index is 12.1. The van der Waals surface area contributed by atoms with Crippen molar-refractivity contribution in [3.8, 4) is 0 Å². The topological polar surface area (TPSA) is 102 Å². The van der Waals surface area contributed by atoms with E-state index in [4.69, 9.17) is 0 Å². The van der Waals surface area contributed by atoms with E-state index in [1.807, 2.05) is 27.7 Å². The molecular weight excluding hydrogens is 412 g/mol. The highest BCUT2D eigenvalue weighted by molar-refractivity contribution is 7.07. The average Bonchev–Trinajstić information content (AvgIpc) is 3.16. The van der Waals surface area contributed by atoms with Gasteiger partial charge >= 0.3 is 9.75 Å². The number of amides is 2. The van der Waals surface area contributed by atoms with Crippen LogP contribution in [0.15, 0.2) is 20.3 Å². The van der Waals surface area contributed by atoms with Crippen LogP contribution in [0, 0.1) is 19.3 Å². The van der Waals surface area contributed by atoms with Crippen LogP contribution in [0.5, 0.6) is 0 Å². The number of rotatable bonds is 10. The molecule has 0 aromatic carbocycles. The van der Waals surface area contributed by atoms with Gasteiger partial charge in [0.05, 0.1) is 0 Å². The average molecular weight is 441 g/mol. The molecule has 0 aliphatic rings. The molecule has 0 radical (unpaired) electrons. The number of thiazole rings is 2. The molecule has 2 amide bonds. The molecule has 0 aliphatic heterocycles. The van der Waals surface area contributed by atoms with Crippen molar-refractivity contribution in [2.45, 2.75) is 53.6 Å². The third kappa shape index (κ3) is 6.97. The lowest BCUT2D eigenvalue weighted by atomic mass is 9.93. The first-order chi connectivity index (χ1) is 13.6. The lowest BCUT2D eigenvalue weighted by molar-refractivity contribution is -0.121. The summed E-state index contributed by atoms with van der Waals surface area (Å²) in [4.78, 5) is 47.4. The van der Waals surface area contributed by atoms with Crippen molar-refractivity contribution >= 4 is 34.5 Å². The molecule has 2 N–H and O–H groups in total. The first-order valence-electron chi connectivity index (χ1n) is 9.42. The second-order valence-corrected chi connectivity index (χ2v) is 9.45. The maximum Gasteiger partial charge on any atom is 0.307 e. The minimum atomic E-state index is -0.324. The number of aromatic nitrogens is 2. The van der Waals surface area contributed by atoms with Gasteiger partial charge < -0.3 is 19.8 Å². The van der Waals surface area contributed by atoms with E-state index in [1.54, 1.807) is 19.9 Å². The summed E-state index contributed by atoms with van der Waals surface area (Å²) >= 11 is 2.26. The standard InChI is InChI=1S/C19H28N4O4S2/c1-13-9-28-17(26)22(13)7-5-15(24)20-11-19(3,4)12-21-16(25)6-8-23-14(2)10-29-18(23)27/h9-10H,5-8,11-12H2,1-4H3,(H,20,24)(H,21,25). The molecule has 160 valence electrons. The molecule has 0 spiro atoms. The largest absolute Gasteiger partial charge is 0.355 e. The van der Waals surface area contributed by atoms with Gasteiger partial charge in [-0.05, 0) is 19.3 Å². The van der Waals surface area contributed by atoms with E-state index in [0.717, 1.165) is 34.1 Å². The second-order valence-electron chi connectivity index (χ2n) is 7.81. The van der Waals surface area contributed by atoms with Crippen molar-refractivity contribution in [2.24, 2.45) is 5.41 Å². The van der Waals surface area contributed by atoms with E-state index in [0.29, 0.717) is 26.2 Å². The summed E-state index contributed by atoms with van der Waals surface area (Å²) in [6.07, 6.45) is 0.462. The Labute approximate surface area is 177 Å². The summed E-state index contributed by atoms with van der Waals surface area (Å²) in [5.74, 6) is -0.261. The van der Waals surface area contributed by atoms with Crippen molar-refractivity contribution in [1.82, 2.24) is 19.8 Å². The number of nitrogens with zero attached hydrogens (tertiary/aromatic N) is 2. The fourth-order valence-electron chi connectivity index (χ4n) is 2.69. The van der Waals surface area contributed by atoms with E-state index in [1.165, 1.54) is 0 Å². The molecule has 0 saturated heterocycles. The zero-order chi connectivity index (χ0) is 21.6. The lowest BCUT2D eigenvalue weighted by Crippen LogP contribution is -2.42. The van der Waals surface area contributed by atoms with E-state index in [9.17, 15) is 19.2 Å². The summed E-state index contributed by atoms with van der Waals surface area (Å²) in [6, 6.07) is 0. The van der Waals surface area contributed by atoms with Crippen LogP contribution in [-0.4, -0.2) is 34.0 Å². The van der Waals surface area contributed by atoms with Gasteiger partial charge in [0, 0.05) is 61.2 Å². The Morgan fingerprint density at radius 3 is 1.55 bits per heavy atom. The molecule has 0 bridgehead atoms. The molecule has 0 fully saturated rings. The molecule has 2 aromatic rings. The smallest absolute Gasteiger partial charge is 0.307 e. The highest BCUT2D eigenvalue weighted by Gasteiger charge is 2.20. The first-order valence-corrected chi connectivity index (χ1v) is 11.2. The molecule has 8 nitrogen and oxygen atoms in total. The number of carbonyl (C=O) groups excluding carboxylic acids is 2. The number of nitrogens with one attached hydrogen (secondary N) is 2. The van der Waals surface area contributed by atoms with Gasteiger partial charge in [-0.2, -0.15) is 0 Å². The van der Waals surface area contributed by atoms with Crippen molar-refractivity contribution in [3.05, 3.63) is 41.5 Å². The van der Waals surface area contributed by atoms with Crippen molar-refractivity contribution < 1.29 is 9.59 Å². The Balaban J connectivity index is 1.70. The number of hydrogen-bond acceptors (Lipinski definition) is 6. The summed E-state index contributed by atoms with van der Waals surface area (Å²) in [6.45, 7) is 9.13. The Morgan fingerprint density at radius 2 is 1.24 bits per heavy atom. The van der Waals surface area contributed by atoms with E-state index in [-0.39, 0.29) is 39.8 Å². The van der Waals surface area contributed by atoms with Gasteiger partial charge in [-0.3, -0.25) is 19.2 Å². The Kier molecular flexibility index (Phi) is 7.97. The van der Waals surface area contributed by atoms with Crippen molar-refractivity contribution in [3.63, 3.8) is 0 Å². The van der Waals surface area contributed by atoms with Gasteiger partial charge in [-0.25, -0.2) is 0 Å². The predicted molar refractivity (Wildman–Crippen MR) is 116 cm³/mol. The Bertz CT molecular complexity index is 891. The maximum atomic E-state index is 12.1. The number of hydrogen-bond donors (Lipinski definition) is 2. The molecule has 0 saturated carbocycles. The zero-order valence-electron chi connectivity index (χ0n) is 17.2. The molecular formula is C19H28N4O4S2. The van der Waals surface area contributed by atoms with Gasteiger partial charge in [0.1, 0.15) is 0 Å². The normalized spacial score (nSPS) is 11.4. The van der Waals surface area contributed by atoms with Crippen LogP contribution in [0.2, 0.25) is 0 Å². The van der Waals surface area contributed by atoms with Crippen molar-refractivity contribution in [1.29, 1.82) is 0 Å². The molecule has 0 unspecified atom stereocenters. The summed E-state index contributed by atoms with van der Waals surface area (Å²) in [5, 5.41) is 9.30. The second kappa shape index (κ2) is 10.0.